The fraction of sp³-hybridized carbons (Fsp3) is 0. The van der Waals surface area contributed by atoms with E-state index in [-0.39, 0.29) is 5.56 Å². The summed E-state index contributed by atoms with van der Waals surface area (Å²) in [6, 6.07) is 19.0. The molecule has 44 heavy (non-hydrogen) atoms. The van der Waals surface area contributed by atoms with Gasteiger partial charge in [0.25, 0.3) is 40.5 Å². The van der Waals surface area contributed by atoms with Crippen molar-refractivity contribution in [2.75, 3.05) is 0 Å². The molecular weight excluding hydrogens is 657 g/mol. The first-order chi connectivity index (χ1) is 20.4. The average molecular weight is 679 g/mol. The van der Waals surface area contributed by atoms with Crippen LogP contribution in [0.5, 0.6) is 0 Å². The van der Waals surface area contributed by atoms with E-state index in [1.165, 1.54) is 18.2 Å². The lowest BCUT2D eigenvalue weighted by Crippen LogP contribution is -2.13. The Bertz CT molecular complexity index is 2240. The Labute approximate surface area is 253 Å². The maximum Gasteiger partial charge on any atom is 0.295 e. The zero-order valence-electron chi connectivity index (χ0n) is 22.1. The average Bonchev–Trinajstić information content (AvgIpc) is 2.93. The molecule has 12 nitrogen and oxygen atoms in total. The first-order valence-corrected chi connectivity index (χ1v) is 17.8. The number of rotatable bonds is 9. The first kappa shape index (κ1) is 32.9. The third kappa shape index (κ3) is 7.55. The Morgan fingerprint density at radius 3 is 1.41 bits per heavy atom. The van der Waals surface area contributed by atoms with Crippen LogP contribution in [0, 0.1) is 0 Å². The van der Waals surface area contributed by atoms with E-state index in [4.69, 9.17) is 0 Å². The van der Waals surface area contributed by atoms with Crippen molar-refractivity contribution < 1.29 is 51.9 Å². The molecule has 0 aliphatic carbocycles. The Morgan fingerprint density at radius 1 is 0.455 bits per heavy atom. The van der Waals surface area contributed by atoms with Gasteiger partial charge in [-0.1, -0.05) is 91.0 Å². The van der Waals surface area contributed by atoms with Crippen LogP contribution in [0.4, 0.5) is 0 Å². The van der Waals surface area contributed by atoms with Gasteiger partial charge in [-0.2, -0.15) is 33.7 Å². The zero-order valence-corrected chi connectivity index (χ0v) is 25.3. The maximum atomic E-state index is 12.9. The van der Waals surface area contributed by atoms with E-state index in [0.717, 1.165) is 18.2 Å². The summed E-state index contributed by atoms with van der Waals surface area (Å²) in [5, 5.41) is 0. The minimum absolute atomic E-state index is 0.351. The fourth-order valence-corrected chi connectivity index (χ4v) is 7.47. The summed E-state index contributed by atoms with van der Waals surface area (Å²) in [5.74, 6) is 0. The second kappa shape index (κ2) is 12.2. The lowest BCUT2D eigenvalue weighted by molar-refractivity contribution is 0.475. The van der Waals surface area contributed by atoms with Crippen LogP contribution in [0.25, 0.3) is 35.4 Å². The van der Waals surface area contributed by atoms with Crippen molar-refractivity contribution in [3.05, 3.63) is 107 Å². The van der Waals surface area contributed by atoms with Gasteiger partial charge < -0.3 is 0 Å². The summed E-state index contributed by atoms with van der Waals surface area (Å²) < 4.78 is 140. The van der Waals surface area contributed by atoms with Crippen molar-refractivity contribution in [3.8, 4) is 11.1 Å². The summed E-state index contributed by atoms with van der Waals surface area (Å²) in [6.45, 7) is 0. The molecule has 0 saturated carbocycles. The molecule has 230 valence electrons. The third-order valence-corrected chi connectivity index (χ3v) is 9.80. The summed E-state index contributed by atoms with van der Waals surface area (Å²) in [7, 11) is -21.1. The topological polar surface area (TPSA) is 217 Å². The molecule has 4 N–H and O–H groups in total. The standard InChI is InChI=1S/C28H22O12S4/c29-41(30,31)22-14-16-23(26(18-22)42(32,33)34)25-17-21(13-11-19-7-3-1-4-8-19)27(43(35,36)37)24(28(25)44(38,39)40)15-12-20-9-5-2-6-10-20/h1-18H,(H,29,30,31)(H,32,33,34)(H,35,36,37)(H,38,39,40). The highest BCUT2D eigenvalue weighted by Crippen LogP contribution is 2.41. The van der Waals surface area contributed by atoms with Gasteiger partial charge in [0, 0.05) is 16.7 Å². The molecule has 0 radical (unpaired) electrons. The van der Waals surface area contributed by atoms with E-state index in [2.05, 4.69) is 0 Å². The molecule has 0 amide bonds. The van der Waals surface area contributed by atoms with Crippen LogP contribution in [0.15, 0.2) is 105 Å². The molecule has 0 heterocycles. The Hall–Kier alpha value is -4.00. The highest BCUT2D eigenvalue weighted by molar-refractivity contribution is 7.87. The predicted octanol–water partition coefficient (Wildman–Crippen LogP) is 4.68. The van der Waals surface area contributed by atoms with Crippen LogP contribution in [0.2, 0.25) is 0 Å². The van der Waals surface area contributed by atoms with E-state index < -0.39 is 76.7 Å². The third-order valence-electron chi connectivity index (χ3n) is 6.13. The molecule has 0 fully saturated rings. The monoisotopic (exact) mass is 678 g/mol. The minimum atomic E-state index is -5.48. The molecule has 0 saturated heterocycles. The van der Waals surface area contributed by atoms with Gasteiger partial charge in [0.2, 0.25) is 0 Å². The second-order valence-corrected chi connectivity index (χ2v) is 14.7. The van der Waals surface area contributed by atoms with Crippen molar-refractivity contribution in [2.45, 2.75) is 19.6 Å². The smallest absolute Gasteiger partial charge is 0.282 e. The lowest BCUT2D eigenvalue weighted by Gasteiger charge is -2.18. The van der Waals surface area contributed by atoms with Crippen LogP contribution in [-0.2, 0) is 40.5 Å². The van der Waals surface area contributed by atoms with Crippen LogP contribution < -0.4 is 0 Å². The highest BCUT2D eigenvalue weighted by Gasteiger charge is 2.32. The highest BCUT2D eigenvalue weighted by atomic mass is 32.2. The van der Waals surface area contributed by atoms with Gasteiger partial charge in [-0.25, -0.2) is 0 Å². The van der Waals surface area contributed by atoms with Crippen molar-refractivity contribution in [3.63, 3.8) is 0 Å². The van der Waals surface area contributed by atoms with Crippen LogP contribution in [-0.4, -0.2) is 51.9 Å². The van der Waals surface area contributed by atoms with Crippen molar-refractivity contribution in [1.82, 2.24) is 0 Å². The summed E-state index contributed by atoms with van der Waals surface area (Å²) in [6.07, 6.45) is 4.80. The van der Waals surface area contributed by atoms with Crippen molar-refractivity contribution in [1.29, 1.82) is 0 Å². The zero-order chi connectivity index (χ0) is 32.5. The SMILES string of the molecule is O=S(=O)(O)c1ccc(-c2cc(C=Cc3ccccc3)c(S(=O)(=O)O)c(C=Cc3ccccc3)c2S(=O)(=O)O)c(S(=O)(=O)O)c1. The molecule has 0 spiro atoms. The van der Waals surface area contributed by atoms with Gasteiger partial charge in [-0.15, -0.1) is 0 Å². The molecule has 4 aromatic carbocycles. The summed E-state index contributed by atoms with van der Waals surface area (Å²) >= 11 is 0. The Kier molecular flexibility index (Phi) is 9.11. The van der Waals surface area contributed by atoms with E-state index in [9.17, 15) is 51.9 Å². The molecule has 0 unspecified atom stereocenters. The molecule has 0 aliphatic heterocycles. The molecule has 16 heteroatoms. The molecular formula is C28H22O12S4. The maximum absolute atomic E-state index is 12.9. The number of hydrogen-bond acceptors (Lipinski definition) is 8. The molecule has 4 aromatic rings. The number of hydrogen-bond donors (Lipinski definition) is 4. The molecule has 0 aliphatic rings. The van der Waals surface area contributed by atoms with E-state index in [1.54, 1.807) is 60.7 Å². The molecule has 0 atom stereocenters. The van der Waals surface area contributed by atoms with Gasteiger partial charge in [0.05, 0.1) is 4.90 Å². The molecule has 4 rings (SSSR count). The summed E-state index contributed by atoms with van der Waals surface area (Å²) in [5.41, 5.74) is -1.60. The van der Waals surface area contributed by atoms with Crippen LogP contribution in [0.1, 0.15) is 22.3 Å². The van der Waals surface area contributed by atoms with Crippen LogP contribution >= 0.6 is 0 Å². The number of benzene rings is 4. The van der Waals surface area contributed by atoms with Crippen LogP contribution in [0.3, 0.4) is 0 Å². The fourth-order valence-electron chi connectivity index (χ4n) is 4.32. The first-order valence-electron chi connectivity index (χ1n) is 12.1. The van der Waals surface area contributed by atoms with Gasteiger partial charge in [0.1, 0.15) is 14.7 Å². The largest absolute Gasteiger partial charge is 0.295 e. The van der Waals surface area contributed by atoms with E-state index in [0.29, 0.717) is 23.3 Å². The van der Waals surface area contributed by atoms with Gasteiger partial charge >= 0.3 is 0 Å². The van der Waals surface area contributed by atoms with Gasteiger partial charge in [-0.05, 0) is 34.9 Å². The Morgan fingerprint density at radius 2 is 0.955 bits per heavy atom. The lowest BCUT2D eigenvalue weighted by atomic mass is 9.97. The normalized spacial score (nSPS) is 13.1. The van der Waals surface area contributed by atoms with Crippen molar-refractivity contribution >= 4 is 64.8 Å². The summed E-state index contributed by atoms with van der Waals surface area (Å²) in [4.78, 5) is -4.35. The minimum Gasteiger partial charge on any atom is -0.282 e. The predicted molar refractivity (Wildman–Crippen MR) is 162 cm³/mol. The molecule has 0 bridgehead atoms. The van der Waals surface area contributed by atoms with Gasteiger partial charge in [0.15, 0.2) is 0 Å². The van der Waals surface area contributed by atoms with E-state index >= 15 is 0 Å². The molecule has 0 aromatic heterocycles. The van der Waals surface area contributed by atoms with Crippen molar-refractivity contribution in [2.24, 2.45) is 0 Å². The van der Waals surface area contributed by atoms with Gasteiger partial charge in [-0.3, -0.25) is 18.2 Å². The Balaban J connectivity index is 2.25. The second-order valence-electron chi connectivity index (χ2n) is 9.13. The quantitative estimate of drug-likeness (QED) is 0.140. The van der Waals surface area contributed by atoms with E-state index in [1.807, 2.05) is 0 Å².